The molecular weight excluding hydrogens is 925 g/mol. The highest BCUT2D eigenvalue weighted by Crippen LogP contribution is 2.35. The number of Topliss-reactive ketones (excluding diaryl/α,β-unsaturated/α-hetero) is 2. The third-order valence-corrected chi connectivity index (χ3v) is 10.5. The first-order valence-corrected chi connectivity index (χ1v) is 20.3. The average molecular weight is 957 g/mol. The second-order valence-corrected chi connectivity index (χ2v) is 15.9. The van der Waals surface area contributed by atoms with E-state index in [0.717, 1.165) is 25.0 Å². The molecule has 0 aliphatic rings. The summed E-state index contributed by atoms with van der Waals surface area (Å²) in [4.78, 5) is 77.7. The minimum Gasteiger partial charge on any atom is -0.366 e. The van der Waals surface area contributed by atoms with Gasteiger partial charge in [-0.25, -0.2) is 0 Å². The van der Waals surface area contributed by atoms with Crippen molar-refractivity contribution in [3.63, 3.8) is 0 Å². The molecule has 0 bridgehead atoms. The van der Waals surface area contributed by atoms with E-state index in [1.807, 2.05) is 0 Å². The van der Waals surface area contributed by atoms with Gasteiger partial charge in [-0.15, -0.1) is 20.5 Å². The van der Waals surface area contributed by atoms with E-state index >= 15 is 0 Å². The van der Waals surface area contributed by atoms with Gasteiger partial charge in [0.25, 0.3) is 23.6 Å². The van der Waals surface area contributed by atoms with Crippen molar-refractivity contribution < 1.29 is 28.8 Å². The van der Waals surface area contributed by atoms with E-state index in [0.29, 0.717) is 21.4 Å². The number of azo groups is 2. The molecule has 62 heavy (non-hydrogen) atoms. The number of nitrogens with one attached hydrogen (secondary N) is 4. The van der Waals surface area contributed by atoms with Crippen molar-refractivity contribution in [3.8, 4) is 0 Å². The summed E-state index contributed by atoms with van der Waals surface area (Å²) in [5, 5.41) is 26.8. The van der Waals surface area contributed by atoms with Crippen LogP contribution in [0.4, 0.5) is 34.1 Å². The van der Waals surface area contributed by atoms with Gasteiger partial charge in [0, 0.05) is 32.5 Å². The Labute approximate surface area is 384 Å². The standard InChI is InChI=1S/C42H32Cl6N8O6/c1-19-5-9-25(43)15-31(19)51-39(59)23-7-11-27(45)35(13-23)53-55-41(61)37(21(3)57)49-33-17-30(48)34(18-29(33)47)50-38(22(4)58)42(62)56-54-36-14-24(8-12-28(36)46)40(60)52-32-16-26(44)10-6-20(32)2/h5-18,37-38,49-50H,1-4H3,(H,51,59)(H,52,60). The molecule has 0 radical (unpaired) electrons. The molecule has 0 saturated heterocycles. The smallest absolute Gasteiger partial charge is 0.294 e. The van der Waals surface area contributed by atoms with Crippen molar-refractivity contribution in [3.05, 3.63) is 137 Å². The molecule has 14 nitrogen and oxygen atoms in total. The molecule has 2 unspecified atom stereocenters. The van der Waals surface area contributed by atoms with Gasteiger partial charge in [0.1, 0.15) is 11.4 Å². The summed E-state index contributed by atoms with van der Waals surface area (Å²) in [6.07, 6.45) is 0. The third-order valence-electron chi connectivity index (χ3n) is 8.79. The number of halogens is 6. The van der Waals surface area contributed by atoms with Crippen LogP contribution in [0.15, 0.2) is 105 Å². The normalized spacial score (nSPS) is 12.2. The number of nitrogens with zero attached hydrogens (tertiary/aromatic N) is 4. The molecule has 5 aromatic rings. The van der Waals surface area contributed by atoms with Crippen molar-refractivity contribution in [1.29, 1.82) is 0 Å². The van der Waals surface area contributed by atoms with Crippen LogP contribution >= 0.6 is 69.6 Å². The zero-order valence-electron chi connectivity index (χ0n) is 32.7. The van der Waals surface area contributed by atoms with Gasteiger partial charge in [0.05, 0.1) is 31.5 Å². The van der Waals surface area contributed by atoms with Crippen molar-refractivity contribution in [2.24, 2.45) is 20.5 Å². The number of ketones is 2. The highest BCUT2D eigenvalue weighted by atomic mass is 35.5. The van der Waals surface area contributed by atoms with Crippen LogP contribution in [0.5, 0.6) is 0 Å². The number of amides is 4. The van der Waals surface area contributed by atoms with Crippen molar-refractivity contribution >= 4 is 139 Å². The largest absolute Gasteiger partial charge is 0.366 e. The lowest BCUT2D eigenvalue weighted by Gasteiger charge is -2.18. The Morgan fingerprint density at radius 1 is 0.468 bits per heavy atom. The van der Waals surface area contributed by atoms with Crippen LogP contribution < -0.4 is 21.3 Å². The fourth-order valence-corrected chi connectivity index (χ4v) is 6.47. The van der Waals surface area contributed by atoms with Crippen LogP contribution in [0, 0.1) is 13.8 Å². The molecular formula is C42H32Cl6N8O6. The van der Waals surface area contributed by atoms with E-state index in [4.69, 9.17) is 69.6 Å². The molecule has 0 fully saturated rings. The maximum atomic E-state index is 13.2. The SMILES string of the molecule is CC(=O)C(Nc1cc(Cl)c(NC(C(C)=O)C(=O)N=Nc2cc(C(=O)Nc3cc(Cl)ccc3C)ccc2Cl)cc1Cl)C(=O)N=Nc1cc(C(=O)Nc2cc(Cl)ccc2C)ccc1Cl. The lowest BCUT2D eigenvalue weighted by atomic mass is 10.1. The molecule has 0 aromatic heterocycles. The van der Waals surface area contributed by atoms with E-state index in [1.165, 1.54) is 48.5 Å². The second kappa shape index (κ2) is 20.9. The fourth-order valence-electron chi connectivity index (χ4n) is 5.38. The maximum absolute atomic E-state index is 13.2. The number of aryl methyl sites for hydroxylation is 2. The number of carbonyl (C=O) groups excluding carboxylic acids is 6. The third kappa shape index (κ3) is 12.2. The average Bonchev–Trinajstić information content (AvgIpc) is 3.21. The molecule has 5 rings (SSSR count). The summed E-state index contributed by atoms with van der Waals surface area (Å²) < 4.78 is 0. The molecule has 0 aliphatic heterocycles. The van der Waals surface area contributed by atoms with Gasteiger partial charge >= 0.3 is 0 Å². The van der Waals surface area contributed by atoms with Crippen molar-refractivity contribution in [1.82, 2.24) is 0 Å². The first-order valence-electron chi connectivity index (χ1n) is 18.0. The summed E-state index contributed by atoms with van der Waals surface area (Å²) in [6.45, 7) is 5.85. The fraction of sp³-hybridized carbons (Fsp3) is 0.143. The predicted molar refractivity (Wildman–Crippen MR) is 243 cm³/mol. The van der Waals surface area contributed by atoms with E-state index in [-0.39, 0.29) is 54.0 Å². The molecule has 4 amide bonds. The van der Waals surface area contributed by atoms with Crippen LogP contribution in [0.25, 0.3) is 0 Å². The minimum atomic E-state index is -1.61. The van der Waals surface area contributed by atoms with Gasteiger partial charge in [-0.3, -0.25) is 28.8 Å². The molecule has 20 heteroatoms. The van der Waals surface area contributed by atoms with Crippen LogP contribution in [0.3, 0.4) is 0 Å². The molecule has 318 valence electrons. The van der Waals surface area contributed by atoms with E-state index in [1.54, 1.807) is 50.2 Å². The topological polar surface area (TPSA) is 200 Å². The minimum absolute atomic E-state index is 0.00782. The van der Waals surface area contributed by atoms with E-state index in [9.17, 15) is 28.8 Å². The van der Waals surface area contributed by atoms with Gasteiger partial charge in [0.15, 0.2) is 23.7 Å². The molecule has 5 aromatic carbocycles. The van der Waals surface area contributed by atoms with E-state index < -0.39 is 47.3 Å². The predicted octanol–water partition coefficient (Wildman–Crippen LogP) is 12.1. The highest BCUT2D eigenvalue weighted by Gasteiger charge is 2.27. The molecule has 2 atom stereocenters. The zero-order valence-corrected chi connectivity index (χ0v) is 37.3. The van der Waals surface area contributed by atoms with Crippen LogP contribution in [0.2, 0.25) is 30.1 Å². The lowest BCUT2D eigenvalue weighted by Crippen LogP contribution is -2.35. The number of hydrogen-bond acceptors (Lipinski definition) is 10. The van der Waals surface area contributed by atoms with Gasteiger partial charge in [-0.05, 0) is 112 Å². The Balaban J connectivity index is 1.28. The van der Waals surface area contributed by atoms with Gasteiger partial charge < -0.3 is 21.3 Å². The summed E-state index contributed by atoms with van der Waals surface area (Å²) in [5.74, 6) is -4.44. The molecule has 4 N–H and O–H groups in total. The number of anilines is 4. The van der Waals surface area contributed by atoms with Crippen LogP contribution in [-0.4, -0.2) is 47.3 Å². The Morgan fingerprint density at radius 3 is 1.19 bits per heavy atom. The first-order chi connectivity index (χ1) is 29.3. The summed E-state index contributed by atoms with van der Waals surface area (Å²) >= 11 is 37.7. The Bertz CT molecular complexity index is 2530. The van der Waals surface area contributed by atoms with Crippen LogP contribution in [0.1, 0.15) is 45.7 Å². The van der Waals surface area contributed by atoms with Crippen molar-refractivity contribution in [2.45, 2.75) is 39.8 Å². The summed E-state index contributed by atoms with van der Waals surface area (Å²) in [5.41, 5.74) is 2.75. The molecule has 0 heterocycles. The van der Waals surface area contributed by atoms with Gasteiger partial charge in [-0.1, -0.05) is 81.7 Å². The van der Waals surface area contributed by atoms with Crippen molar-refractivity contribution in [2.75, 3.05) is 21.3 Å². The molecule has 0 aliphatic carbocycles. The number of benzene rings is 5. The number of carbonyl (C=O) groups is 6. The quantitative estimate of drug-likeness (QED) is 0.0622. The summed E-state index contributed by atoms with van der Waals surface area (Å²) in [7, 11) is 0. The highest BCUT2D eigenvalue weighted by molar-refractivity contribution is 6.38. The number of rotatable bonds is 14. The monoisotopic (exact) mass is 954 g/mol. The van der Waals surface area contributed by atoms with Gasteiger partial charge in [0.2, 0.25) is 0 Å². The van der Waals surface area contributed by atoms with Gasteiger partial charge in [-0.2, -0.15) is 0 Å². The zero-order chi connectivity index (χ0) is 45.4. The summed E-state index contributed by atoms with van der Waals surface area (Å²) in [6, 6.07) is 17.6. The molecule has 0 saturated carbocycles. The Kier molecular flexibility index (Phi) is 15.9. The first kappa shape index (κ1) is 47.3. The number of hydrogen-bond donors (Lipinski definition) is 4. The Hall–Kier alpha value is -5.74. The Morgan fingerprint density at radius 2 is 0.839 bits per heavy atom. The van der Waals surface area contributed by atoms with Crippen LogP contribution in [-0.2, 0) is 19.2 Å². The van der Waals surface area contributed by atoms with E-state index in [2.05, 4.69) is 41.7 Å². The lowest BCUT2D eigenvalue weighted by molar-refractivity contribution is -0.128. The maximum Gasteiger partial charge on any atom is 0.294 e. The molecule has 0 spiro atoms. The second-order valence-electron chi connectivity index (χ2n) is 13.4.